The number of carbonyl (C=O) groups is 1. The molecule has 1 aliphatic rings. The lowest BCUT2D eigenvalue weighted by Gasteiger charge is -2.18. The van der Waals surface area contributed by atoms with E-state index < -0.39 is 10.0 Å². The maximum atomic E-state index is 12.0. The van der Waals surface area contributed by atoms with E-state index in [0.29, 0.717) is 18.5 Å². The fourth-order valence-electron chi connectivity index (χ4n) is 1.91. The molecule has 6 heteroatoms. The van der Waals surface area contributed by atoms with Gasteiger partial charge in [0.15, 0.2) is 0 Å². The Morgan fingerprint density at radius 2 is 2.00 bits per heavy atom. The fourth-order valence-corrected chi connectivity index (χ4v) is 3.21. The summed E-state index contributed by atoms with van der Waals surface area (Å²) in [5.41, 5.74) is 1.57. The molecule has 0 spiro atoms. The maximum Gasteiger partial charge on any atom is 0.240 e. The van der Waals surface area contributed by atoms with Gasteiger partial charge in [0.1, 0.15) is 0 Å². The molecule has 0 fully saturated rings. The largest absolute Gasteiger partial charge is 0.326 e. The van der Waals surface area contributed by atoms with Crippen molar-refractivity contribution in [2.75, 3.05) is 5.32 Å². The average Bonchev–Trinajstić information content (AvgIpc) is 2.26. The van der Waals surface area contributed by atoms with Crippen LogP contribution in [0.5, 0.6) is 0 Å². The molecular formula is C12H16N2O3S. The van der Waals surface area contributed by atoms with Crippen LogP contribution in [0.25, 0.3) is 0 Å². The van der Waals surface area contributed by atoms with E-state index in [-0.39, 0.29) is 16.8 Å². The minimum absolute atomic E-state index is 0.0292. The van der Waals surface area contributed by atoms with Crippen LogP contribution in [0, 0.1) is 0 Å². The van der Waals surface area contributed by atoms with Crippen molar-refractivity contribution in [1.29, 1.82) is 0 Å². The minimum Gasteiger partial charge on any atom is -0.326 e. The molecule has 0 bridgehead atoms. The Bertz CT molecular complexity index is 579. The molecule has 0 unspecified atom stereocenters. The van der Waals surface area contributed by atoms with Crippen LogP contribution in [-0.4, -0.2) is 20.4 Å². The monoisotopic (exact) mass is 268 g/mol. The number of fused-ring (bicyclic) bond motifs is 1. The van der Waals surface area contributed by atoms with Crippen molar-refractivity contribution in [3.05, 3.63) is 23.8 Å². The number of amides is 1. The van der Waals surface area contributed by atoms with Crippen molar-refractivity contribution in [2.45, 2.75) is 37.6 Å². The molecule has 5 nitrogen and oxygen atoms in total. The normalized spacial score (nSPS) is 15.4. The third-order valence-electron chi connectivity index (χ3n) is 2.67. The third-order valence-corrected chi connectivity index (χ3v) is 4.33. The molecule has 0 radical (unpaired) electrons. The molecule has 0 saturated carbocycles. The molecule has 0 aliphatic carbocycles. The van der Waals surface area contributed by atoms with Crippen molar-refractivity contribution in [3.63, 3.8) is 0 Å². The quantitative estimate of drug-likeness (QED) is 0.866. The first-order valence-electron chi connectivity index (χ1n) is 5.83. The van der Waals surface area contributed by atoms with Gasteiger partial charge in [-0.2, -0.15) is 0 Å². The van der Waals surface area contributed by atoms with Gasteiger partial charge in [0.2, 0.25) is 15.9 Å². The number of hydrogen-bond acceptors (Lipinski definition) is 3. The summed E-state index contributed by atoms with van der Waals surface area (Å²) < 4.78 is 26.5. The average molecular weight is 268 g/mol. The van der Waals surface area contributed by atoms with Crippen LogP contribution in [0.1, 0.15) is 25.8 Å². The van der Waals surface area contributed by atoms with Gasteiger partial charge in [-0.15, -0.1) is 0 Å². The first-order valence-corrected chi connectivity index (χ1v) is 7.32. The second-order valence-electron chi connectivity index (χ2n) is 4.64. The molecule has 1 amide bonds. The maximum absolute atomic E-state index is 12.0. The van der Waals surface area contributed by atoms with Crippen LogP contribution >= 0.6 is 0 Å². The molecule has 0 aromatic heterocycles. The Hall–Kier alpha value is -1.40. The van der Waals surface area contributed by atoms with E-state index in [4.69, 9.17) is 0 Å². The van der Waals surface area contributed by atoms with Gasteiger partial charge in [-0.05, 0) is 44.0 Å². The number of aryl methyl sites for hydroxylation is 1. The predicted molar refractivity (Wildman–Crippen MR) is 68.9 cm³/mol. The highest BCUT2D eigenvalue weighted by atomic mass is 32.2. The van der Waals surface area contributed by atoms with Gasteiger partial charge in [0.05, 0.1) is 4.90 Å². The zero-order chi connectivity index (χ0) is 13.3. The molecule has 1 aromatic carbocycles. The third kappa shape index (κ3) is 2.70. The zero-order valence-corrected chi connectivity index (χ0v) is 11.2. The van der Waals surface area contributed by atoms with E-state index in [1.165, 1.54) is 6.07 Å². The molecule has 1 aliphatic heterocycles. The predicted octanol–water partition coefficient (Wildman–Crippen LogP) is 1.26. The number of benzene rings is 1. The molecule has 18 heavy (non-hydrogen) atoms. The topological polar surface area (TPSA) is 75.3 Å². The van der Waals surface area contributed by atoms with Crippen molar-refractivity contribution in [1.82, 2.24) is 4.72 Å². The Morgan fingerprint density at radius 3 is 2.67 bits per heavy atom. The first kappa shape index (κ1) is 13.0. The summed E-state index contributed by atoms with van der Waals surface area (Å²) in [5, 5.41) is 2.73. The fraction of sp³-hybridized carbons (Fsp3) is 0.417. The Labute approximate surface area is 107 Å². The van der Waals surface area contributed by atoms with E-state index in [2.05, 4.69) is 10.0 Å². The van der Waals surface area contributed by atoms with Gasteiger partial charge >= 0.3 is 0 Å². The highest BCUT2D eigenvalue weighted by Gasteiger charge is 2.20. The summed E-state index contributed by atoms with van der Waals surface area (Å²) in [5.74, 6) is -0.0292. The van der Waals surface area contributed by atoms with Crippen LogP contribution in [-0.2, 0) is 21.2 Å². The summed E-state index contributed by atoms with van der Waals surface area (Å²) >= 11 is 0. The second kappa shape index (κ2) is 4.70. The summed E-state index contributed by atoms with van der Waals surface area (Å²) in [6.07, 6.45) is 0.973. The lowest BCUT2D eigenvalue weighted by Crippen LogP contribution is -2.30. The number of sulfonamides is 1. The van der Waals surface area contributed by atoms with Crippen LogP contribution in [0.15, 0.2) is 23.1 Å². The smallest absolute Gasteiger partial charge is 0.240 e. The summed E-state index contributed by atoms with van der Waals surface area (Å²) in [6, 6.07) is 4.63. The number of anilines is 1. The minimum atomic E-state index is -3.47. The molecule has 1 heterocycles. The van der Waals surface area contributed by atoms with Crippen LogP contribution in [0.3, 0.4) is 0 Å². The lowest BCUT2D eigenvalue weighted by molar-refractivity contribution is -0.116. The van der Waals surface area contributed by atoms with Crippen LogP contribution in [0.2, 0.25) is 0 Å². The Balaban J connectivity index is 2.35. The van der Waals surface area contributed by atoms with Gasteiger partial charge in [-0.25, -0.2) is 13.1 Å². The Morgan fingerprint density at radius 1 is 1.28 bits per heavy atom. The Kier molecular flexibility index (Phi) is 3.41. The van der Waals surface area contributed by atoms with E-state index >= 15 is 0 Å². The van der Waals surface area contributed by atoms with Gasteiger partial charge in [0.25, 0.3) is 0 Å². The number of rotatable bonds is 3. The molecule has 0 saturated heterocycles. The molecular weight excluding hydrogens is 252 g/mol. The number of carbonyl (C=O) groups excluding carboxylic acids is 1. The summed E-state index contributed by atoms with van der Waals surface area (Å²) in [4.78, 5) is 11.5. The highest BCUT2D eigenvalue weighted by molar-refractivity contribution is 7.89. The van der Waals surface area contributed by atoms with Gasteiger partial charge in [-0.3, -0.25) is 4.79 Å². The van der Waals surface area contributed by atoms with Gasteiger partial charge < -0.3 is 5.32 Å². The SMILES string of the molecule is CC(C)NS(=O)(=O)c1ccc2c(c1)CCC(=O)N2. The molecule has 0 atom stereocenters. The van der Waals surface area contributed by atoms with Crippen molar-refractivity contribution < 1.29 is 13.2 Å². The molecule has 98 valence electrons. The molecule has 2 rings (SSSR count). The van der Waals surface area contributed by atoms with Crippen molar-refractivity contribution in [3.8, 4) is 0 Å². The first-order chi connectivity index (χ1) is 8.38. The van der Waals surface area contributed by atoms with Crippen LogP contribution in [0.4, 0.5) is 5.69 Å². The molecule has 1 aromatic rings. The summed E-state index contributed by atoms with van der Waals surface area (Å²) in [7, 11) is -3.47. The van der Waals surface area contributed by atoms with E-state index in [0.717, 1.165) is 5.56 Å². The van der Waals surface area contributed by atoms with Crippen molar-refractivity contribution >= 4 is 21.6 Å². The number of hydrogen-bond donors (Lipinski definition) is 2. The van der Waals surface area contributed by atoms with E-state index in [9.17, 15) is 13.2 Å². The van der Waals surface area contributed by atoms with Gasteiger partial charge in [-0.1, -0.05) is 0 Å². The van der Waals surface area contributed by atoms with Gasteiger partial charge in [0, 0.05) is 18.2 Å². The van der Waals surface area contributed by atoms with Crippen LogP contribution < -0.4 is 10.0 Å². The zero-order valence-electron chi connectivity index (χ0n) is 10.4. The lowest BCUT2D eigenvalue weighted by atomic mass is 10.0. The number of nitrogens with one attached hydrogen (secondary N) is 2. The van der Waals surface area contributed by atoms with E-state index in [1.54, 1.807) is 26.0 Å². The standard InChI is InChI=1S/C12H16N2O3S/c1-8(2)14-18(16,17)10-4-5-11-9(7-10)3-6-12(15)13-11/h4-5,7-8,14H,3,6H2,1-2H3,(H,13,15). The molecule has 2 N–H and O–H groups in total. The summed E-state index contributed by atoms with van der Waals surface area (Å²) in [6.45, 7) is 3.55. The van der Waals surface area contributed by atoms with Crippen molar-refractivity contribution in [2.24, 2.45) is 0 Å². The highest BCUT2D eigenvalue weighted by Crippen LogP contribution is 2.25. The van der Waals surface area contributed by atoms with E-state index in [1.807, 2.05) is 0 Å². The second-order valence-corrected chi connectivity index (χ2v) is 6.36.